The monoisotopic (exact) mass is 1080 g/mol. The van der Waals surface area contributed by atoms with Crippen LogP contribution >= 0.6 is 11.8 Å². The standard InChI is InChI=1S/C5H6O2.C5H6O.2C4H9NO.2C3H9NO2S.C3H9N.C3H6O2.C2H6O2S.C2H6OS.C2H6S.3C2H4.2CH4/c1-3-4-5(6)7-2;1-3-4-5(2)6;2*1-4(6)5(2)3;2*1-4(2)7(3,5)6;1-4(2)3;1-3(4)5-2;1-5(2,3)4;1-4(2)3;1-3-2;3*1-2;;/h4H,1H2,2H3;4H,1H2,2H3;2*1-3H3;2*1-3H3;1-3H3;2*1-2H3;1-2H3;1-2H3;3*1-2H2;2*1H4. The third-order valence-corrected chi connectivity index (χ3v) is 6.25. The number of thioether (sulfide) groups is 1. The number of esters is 2. The number of carbonyl (C=O) groups is 5. The van der Waals surface area contributed by atoms with E-state index in [2.05, 4.69) is 73.6 Å². The molecule has 0 saturated heterocycles. The van der Waals surface area contributed by atoms with Crippen molar-refractivity contribution in [3.05, 3.63) is 76.2 Å². The lowest BCUT2D eigenvalue weighted by Crippen LogP contribution is -2.19. The Morgan fingerprint density at radius 3 is 0.691 bits per heavy atom. The first-order valence-electron chi connectivity index (χ1n) is 17.8. The average Bonchev–Trinajstić information content (AvgIpc) is 3.14. The summed E-state index contributed by atoms with van der Waals surface area (Å²) in [5, 5.41) is 0. The van der Waals surface area contributed by atoms with Gasteiger partial charge in [-0.3, -0.25) is 23.4 Å². The minimum Gasteiger partial charge on any atom is -0.469 e. The number of amides is 2. The van der Waals surface area contributed by atoms with Crippen LogP contribution in [0.5, 0.6) is 0 Å². The van der Waals surface area contributed by atoms with Gasteiger partial charge in [-0.2, -0.15) is 11.8 Å². The molecule has 0 aliphatic heterocycles. The van der Waals surface area contributed by atoms with Crippen LogP contribution in [0.2, 0.25) is 0 Å². The van der Waals surface area contributed by atoms with Crippen molar-refractivity contribution in [3.63, 3.8) is 0 Å². The maximum Gasteiger partial charge on any atom is 0.338 e. The first-order chi connectivity index (χ1) is 29.4. The molecule has 0 saturated carbocycles. The Hall–Kier alpha value is -3.96. The summed E-state index contributed by atoms with van der Waals surface area (Å²) in [7, 11) is 12.4. The van der Waals surface area contributed by atoms with Gasteiger partial charge < -0.3 is 24.2 Å². The Bertz CT molecular complexity index is 1520. The Balaban J connectivity index is -0.0000000310. The first kappa shape index (κ1) is 110. The lowest BCUT2D eigenvalue weighted by molar-refractivity contribution is -0.138. The van der Waals surface area contributed by atoms with Crippen LogP contribution in [0.25, 0.3) is 0 Å². The fourth-order valence-corrected chi connectivity index (χ4v) is 0.286. The van der Waals surface area contributed by atoms with Crippen LogP contribution in [0.1, 0.15) is 42.5 Å². The molecule has 0 aromatic heterocycles. The number of carbonyl (C=O) groups excluding carboxylic acids is 5. The summed E-state index contributed by atoms with van der Waals surface area (Å²) in [6.45, 7) is 30.2. The number of ether oxygens (including phenoxy) is 2. The molecule has 68 heavy (non-hydrogen) atoms. The number of methoxy groups -OCH3 is 2. The molecule has 0 aliphatic rings. The van der Waals surface area contributed by atoms with E-state index in [1.54, 1.807) is 52.5 Å². The highest BCUT2D eigenvalue weighted by molar-refractivity contribution is 7.97. The quantitative estimate of drug-likeness (QED) is 0.150. The lowest BCUT2D eigenvalue weighted by atomic mass is 10.4. The van der Waals surface area contributed by atoms with E-state index >= 15 is 0 Å². The second kappa shape index (κ2) is 83.1. The van der Waals surface area contributed by atoms with Crippen molar-refractivity contribution in [2.75, 3.05) is 142 Å². The number of allylic oxidation sites excluding steroid dienone is 1. The molecule has 0 N–H and O–H groups in total. The van der Waals surface area contributed by atoms with E-state index in [4.69, 9.17) is 0 Å². The molecule has 0 atom stereocenters. The van der Waals surface area contributed by atoms with E-state index in [0.29, 0.717) is 0 Å². The van der Waals surface area contributed by atoms with Crippen molar-refractivity contribution in [2.45, 2.75) is 42.5 Å². The summed E-state index contributed by atoms with van der Waals surface area (Å²) in [4.78, 5) is 54.7. The van der Waals surface area contributed by atoms with Gasteiger partial charge in [-0.15, -0.1) is 50.9 Å². The molecule has 0 aromatic rings. The Morgan fingerprint density at radius 2 is 0.676 bits per heavy atom. The van der Waals surface area contributed by atoms with Crippen molar-refractivity contribution < 1.29 is 62.9 Å². The van der Waals surface area contributed by atoms with E-state index in [9.17, 15) is 53.4 Å². The average molecular weight is 1080 g/mol. The topological polar surface area (TPSA) is 239 Å². The molecule has 0 radical (unpaired) electrons. The SMILES string of the molecule is C.C.C=C.C=C.C=C.C=C=CC(=O)OC.C=C=CC(C)=O.CC(=O)N(C)C.CC(=O)N(C)C.CN(C)C.CN(C)S(C)(=O)=O.CN(C)S(C)(=O)=O.COC(C)=O.CS(C)(=O)=O.CS(C)=O.CSC. The molecule has 19 nitrogen and oxygen atoms in total. The van der Waals surface area contributed by atoms with E-state index in [-0.39, 0.29) is 38.4 Å². The lowest BCUT2D eigenvalue weighted by Gasteiger charge is -2.02. The maximum atomic E-state index is 10.3. The van der Waals surface area contributed by atoms with Gasteiger partial charge in [0, 0.05) is 119 Å². The van der Waals surface area contributed by atoms with Gasteiger partial charge in [0.1, 0.15) is 9.84 Å². The molecule has 0 aromatic carbocycles. The summed E-state index contributed by atoms with van der Waals surface area (Å²) in [5.74, 6) is -0.491. The van der Waals surface area contributed by atoms with Gasteiger partial charge in [-0.25, -0.2) is 38.7 Å². The Kier molecular flexibility index (Phi) is 135. The second-order valence-electron chi connectivity index (χ2n) is 12.1. The normalized spacial score (nSPS) is 8.01. The van der Waals surface area contributed by atoms with E-state index < -0.39 is 46.7 Å². The zero-order valence-corrected chi connectivity index (χ0v) is 49.4. The van der Waals surface area contributed by atoms with Crippen LogP contribution in [0, 0.1) is 0 Å². The van der Waals surface area contributed by atoms with Crippen LogP contribution in [-0.4, -0.2) is 224 Å². The number of sulfone groups is 1. The molecule has 0 bridgehead atoms. The number of ketones is 1. The first-order valence-corrected chi connectivity index (χ1v) is 27.4. The van der Waals surface area contributed by atoms with Gasteiger partial charge in [0.15, 0.2) is 5.78 Å². The van der Waals surface area contributed by atoms with Crippen LogP contribution in [0.15, 0.2) is 76.2 Å². The minimum absolute atomic E-state index is 0. The number of hydrogen-bond donors (Lipinski definition) is 0. The van der Waals surface area contributed by atoms with E-state index in [1.165, 1.54) is 86.0 Å². The second-order valence-corrected chi connectivity index (χ2v) is 21.1. The number of nitrogens with zero attached hydrogens (tertiary/aromatic N) is 5. The van der Waals surface area contributed by atoms with Gasteiger partial charge >= 0.3 is 11.9 Å². The smallest absolute Gasteiger partial charge is 0.338 e. The van der Waals surface area contributed by atoms with Crippen molar-refractivity contribution in [1.29, 1.82) is 0 Å². The van der Waals surface area contributed by atoms with Gasteiger partial charge in [0.25, 0.3) is 0 Å². The largest absolute Gasteiger partial charge is 0.469 e. The van der Waals surface area contributed by atoms with E-state index in [0.717, 1.165) is 39.7 Å². The molecular weight excluding hydrogens is 983 g/mol. The highest BCUT2D eigenvalue weighted by Crippen LogP contribution is 1.83. The molecule has 0 spiro atoms. The number of hydrogen-bond acceptors (Lipinski definition) is 16. The molecule has 416 valence electrons. The third kappa shape index (κ3) is 341. The molecule has 0 unspecified atom stereocenters. The number of sulfonamides is 2. The van der Waals surface area contributed by atoms with Gasteiger partial charge in [0.2, 0.25) is 31.9 Å². The zero-order valence-electron chi connectivity index (χ0n) is 45.3. The molecule has 0 fully saturated rings. The van der Waals surface area contributed by atoms with Gasteiger partial charge in [-0.1, -0.05) is 28.0 Å². The van der Waals surface area contributed by atoms with E-state index in [1.807, 2.05) is 38.6 Å². The fraction of sp³-hybridized carbons (Fsp3) is 0.614. The maximum absolute atomic E-state index is 10.3. The third-order valence-electron chi connectivity index (χ3n) is 3.60. The molecule has 0 heterocycles. The fourth-order valence-electron chi connectivity index (χ4n) is 0.286. The minimum atomic E-state index is -2.91. The Morgan fingerprint density at radius 1 is 0.544 bits per heavy atom. The summed E-state index contributed by atoms with van der Waals surface area (Å²) in [6, 6.07) is 0. The van der Waals surface area contributed by atoms with Crippen LogP contribution in [0.3, 0.4) is 0 Å². The van der Waals surface area contributed by atoms with Crippen molar-refractivity contribution in [3.8, 4) is 0 Å². The summed E-state index contributed by atoms with van der Waals surface area (Å²) >= 11 is 1.75. The van der Waals surface area contributed by atoms with Crippen molar-refractivity contribution in [1.82, 2.24) is 23.3 Å². The predicted molar refractivity (Wildman–Crippen MR) is 301 cm³/mol. The molecule has 0 aliphatic carbocycles. The summed E-state index contributed by atoms with van der Waals surface area (Å²) in [5.41, 5.74) is 4.61. The molecular formula is C44H101N5O14S5. The van der Waals surface area contributed by atoms with Crippen LogP contribution < -0.4 is 0 Å². The molecule has 0 rings (SSSR count). The summed E-state index contributed by atoms with van der Waals surface area (Å²) in [6.07, 6.45) is 14.4. The number of rotatable bonds is 4. The predicted octanol–water partition coefficient (Wildman–Crippen LogP) is 5.29. The van der Waals surface area contributed by atoms with Crippen LogP contribution in [0.4, 0.5) is 0 Å². The van der Waals surface area contributed by atoms with Gasteiger partial charge in [-0.05, 0) is 40.6 Å². The van der Waals surface area contributed by atoms with Crippen molar-refractivity contribution >= 4 is 82.0 Å². The molecule has 2 amide bonds. The highest BCUT2D eigenvalue weighted by atomic mass is 32.2. The Labute approximate surface area is 426 Å². The summed E-state index contributed by atoms with van der Waals surface area (Å²) < 4.78 is 80.5. The molecule has 24 heteroatoms. The highest BCUT2D eigenvalue weighted by Gasteiger charge is 2.01. The van der Waals surface area contributed by atoms with Crippen molar-refractivity contribution in [2.24, 2.45) is 0 Å². The zero-order chi connectivity index (χ0) is 57.8. The van der Waals surface area contributed by atoms with Crippen LogP contribution in [-0.2, 0) is 74.1 Å². The van der Waals surface area contributed by atoms with Gasteiger partial charge in [0.05, 0.1) is 32.8 Å².